The zero-order valence-electron chi connectivity index (χ0n) is 15.3. The first-order valence-corrected chi connectivity index (χ1v) is 10.4. The summed E-state index contributed by atoms with van der Waals surface area (Å²) in [4.78, 5) is 5.57. The number of nitrogens with two attached hydrogens (primary N) is 1. The molecule has 0 aliphatic rings. The van der Waals surface area contributed by atoms with E-state index in [1.165, 1.54) is 0 Å². The Kier molecular flexibility index (Phi) is 7.09. The number of aromatic nitrogens is 2. The van der Waals surface area contributed by atoms with Crippen molar-refractivity contribution in [2.45, 2.75) is 30.2 Å². The second kappa shape index (κ2) is 8.76. The number of nitrogens with zero attached hydrogens (tertiary/aromatic N) is 2. The lowest BCUT2D eigenvalue weighted by Crippen LogP contribution is -2.24. The molecule has 31 heavy (non-hydrogen) atoms. The van der Waals surface area contributed by atoms with Gasteiger partial charge in [-0.1, -0.05) is 0 Å². The number of alkyl halides is 6. The molecule has 1 aromatic heterocycles. The van der Waals surface area contributed by atoms with Crippen LogP contribution in [0.2, 0.25) is 0 Å². The molecule has 172 valence electrons. The zero-order chi connectivity index (χ0) is 23.8. The Bertz CT molecular complexity index is 1040. The predicted molar refractivity (Wildman–Crippen MR) is 101 cm³/mol. The SMILES string of the molecule is C[C@H](CO)Nc1nc(Nc2cc(C(F)(F)F)c(S(N)(=O)=O)c(C(F)(F)F)c2)ncc1Br. The van der Waals surface area contributed by atoms with Crippen molar-refractivity contribution < 1.29 is 39.9 Å². The maximum Gasteiger partial charge on any atom is 0.417 e. The Morgan fingerprint density at radius 2 is 1.68 bits per heavy atom. The van der Waals surface area contributed by atoms with E-state index in [9.17, 15) is 34.8 Å². The molecule has 2 rings (SSSR count). The number of halogens is 7. The van der Waals surface area contributed by atoms with E-state index >= 15 is 0 Å². The molecule has 5 N–H and O–H groups in total. The van der Waals surface area contributed by atoms with E-state index in [0.717, 1.165) is 6.20 Å². The van der Waals surface area contributed by atoms with Crippen LogP contribution >= 0.6 is 15.9 Å². The van der Waals surface area contributed by atoms with Crippen LogP contribution in [0.5, 0.6) is 0 Å². The molecule has 0 aliphatic carbocycles. The van der Waals surface area contributed by atoms with Crippen molar-refractivity contribution in [1.82, 2.24) is 9.97 Å². The number of hydrogen-bond acceptors (Lipinski definition) is 7. The third-order valence-electron chi connectivity index (χ3n) is 3.64. The number of anilines is 3. The highest BCUT2D eigenvalue weighted by Crippen LogP contribution is 2.43. The summed E-state index contributed by atoms with van der Waals surface area (Å²) in [7, 11) is -5.39. The van der Waals surface area contributed by atoms with Crippen LogP contribution in [-0.2, 0) is 22.4 Å². The maximum atomic E-state index is 13.4. The van der Waals surface area contributed by atoms with E-state index in [0.29, 0.717) is 4.47 Å². The van der Waals surface area contributed by atoms with E-state index in [1.807, 2.05) is 0 Å². The summed E-state index contributed by atoms with van der Waals surface area (Å²) in [6.07, 6.45) is -9.78. The molecule has 8 nitrogen and oxygen atoms in total. The summed E-state index contributed by atoms with van der Waals surface area (Å²) in [5.41, 5.74) is -4.98. The molecule has 0 unspecified atom stereocenters. The quantitative estimate of drug-likeness (QED) is 0.415. The van der Waals surface area contributed by atoms with Crippen molar-refractivity contribution in [2.24, 2.45) is 5.14 Å². The van der Waals surface area contributed by atoms with Gasteiger partial charge in [-0.3, -0.25) is 0 Å². The molecule has 0 amide bonds. The number of sulfonamides is 1. The van der Waals surface area contributed by atoms with Gasteiger partial charge in [-0.2, -0.15) is 31.3 Å². The molecule has 0 saturated carbocycles. The van der Waals surface area contributed by atoms with Crippen LogP contribution < -0.4 is 15.8 Å². The van der Waals surface area contributed by atoms with Gasteiger partial charge in [-0.05, 0) is 35.0 Å². The van der Waals surface area contributed by atoms with Crippen molar-refractivity contribution in [3.8, 4) is 0 Å². The molecule has 1 aromatic carbocycles. The number of primary sulfonamides is 1. The van der Waals surface area contributed by atoms with E-state index in [2.05, 4.69) is 41.7 Å². The first-order valence-electron chi connectivity index (χ1n) is 8.06. The Hall–Kier alpha value is -2.17. The van der Waals surface area contributed by atoms with Crippen LogP contribution in [0.1, 0.15) is 18.1 Å². The lowest BCUT2D eigenvalue weighted by Gasteiger charge is -2.19. The monoisotopic (exact) mass is 537 g/mol. The topological polar surface area (TPSA) is 130 Å². The van der Waals surface area contributed by atoms with E-state index < -0.39 is 56.1 Å². The minimum absolute atomic E-state index is 0.0901. The van der Waals surface area contributed by atoms with Gasteiger partial charge in [0.2, 0.25) is 16.0 Å². The molecule has 1 heterocycles. The molecule has 0 radical (unpaired) electrons. The van der Waals surface area contributed by atoms with Crippen LogP contribution in [-0.4, -0.2) is 36.1 Å². The molecule has 0 fully saturated rings. The van der Waals surface area contributed by atoms with E-state index in [-0.39, 0.29) is 24.6 Å². The summed E-state index contributed by atoms with van der Waals surface area (Å²) in [5, 5.41) is 18.7. The minimum Gasteiger partial charge on any atom is -0.394 e. The molecule has 0 spiro atoms. The normalized spacial score (nSPS) is 13.7. The lowest BCUT2D eigenvalue weighted by atomic mass is 10.1. The third kappa shape index (κ3) is 6.18. The second-order valence-corrected chi connectivity index (χ2v) is 8.54. The third-order valence-corrected chi connectivity index (χ3v) is 5.23. The molecule has 16 heteroatoms. The second-order valence-electron chi connectivity index (χ2n) is 6.18. The van der Waals surface area contributed by atoms with Crippen molar-refractivity contribution in [3.63, 3.8) is 0 Å². The summed E-state index contributed by atoms with van der Waals surface area (Å²) >= 11 is 3.11. The van der Waals surface area contributed by atoms with Gasteiger partial charge < -0.3 is 15.7 Å². The minimum atomic E-state index is -5.47. The first-order chi connectivity index (χ1) is 14.0. The van der Waals surface area contributed by atoms with Gasteiger partial charge in [0.25, 0.3) is 0 Å². The van der Waals surface area contributed by atoms with Gasteiger partial charge in [-0.25, -0.2) is 18.5 Å². The number of benzene rings is 1. The smallest absolute Gasteiger partial charge is 0.394 e. The Balaban J connectivity index is 2.65. The number of aliphatic hydroxyl groups is 1. The van der Waals surface area contributed by atoms with Gasteiger partial charge in [0, 0.05) is 17.9 Å². The van der Waals surface area contributed by atoms with Gasteiger partial charge in [0.1, 0.15) is 10.7 Å². The van der Waals surface area contributed by atoms with Crippen LogP contribution in [0.3, 0.4) is 0 Å². The molecule has 2 aromatic rings. The highest BCUT2D eigenvalue weighted by atomic mass is 79.9. The van der Waals surface area contributed by atoms with Gasteiger partial charge >= 0.3 is 12.4 Å². The van der Waals surface area contributed by atoms with Crippen LogP contribution in [0.15, 0.2) is 27.7 Å². The standard InChI is InChI=1S/C15H14BrF6N5O3S/c1-6(5-28)25-12-10(16)4-24-13(27-12)26-7-2-8(14(17,18)19)11(31(23,29)30)9(3-7)15(20,21)22/h2-4,6,28H,5H2,1H3,(H2,23,29,30)(H2,24,25,26,27)/t6-/m1/s1. The number of hydrogen-bond donors (Lipinski definition) is 4. The molecule has 1 atom stereocenters. The van der Waals surface area contributed by atoms with E-state index in [1.54, 1.807) is 6.92 Å². The first kappa shape index (κ1) is 25.1. The van der Waals surface area contributed by atoms with Crippen LogP contribution in [0, 0.1) is 0 Å². The van der Waals surface area contributed by atoms with Gasteiger partial charge in [0.05, 0.1) is 22.2 Å². The Morgan fingerprint density at radius 1 is 1.16 bits per heavy atom. The predicted octanol–water partition coefficient (Wildman–Crippen LogP) is 3.46. The molecular weight excluding hydrogens is 524 g/mol. The number of aliphatic hydroxyl groups excluding tert-OH is 1. The Morgan fingerprint density at radius 3 is 2.10 bits per heavy atom. The fourth-order valence-corrected chi connectivity index (χ4v) is 3.63. The molecule has 0 saturated heterocycles. The average molecular weight is 538 g/mol. The van der Waals surface area contributed by atoms with Crippen molar-refractivity contribution in [2.75, 3.05) is 17.2 Å². The largest absolute Gasteiger partial charge is 0.417 e. The highest BCUT2D eigenvalue weighted by Gasteiger charge is 2.45. The Labute approximate surface area is 180 Å². The average Bonchev–Trinajstić information content (AvgIpc) is 2.61. The van der Waals surface area contributed by atoms with E-state index in [4.69, 9.17) is 5.11 Å². The maximum absolute atomic E-state index is 13.4. The van der Waals surface area contributed by atoms with Crippen molar-refractivity contribution >= 4 is 43.4 Å². The summed E-state index contributed by atoms with van der Waals surface area (Å²) in [6, 6.07) is -0.171. The fourth-order valence-electron chi connectivity index (χ4n) is 2.37. The van der Waals surface area contributed by atoms with Crippen LogP contribution in [0.4, 0.5) is 43.8 Å². The molecule has 0 bridgehead atoms. The zero-order valence-corrected chi connectivity index (χ0v) is 17.7. The highest BCUT2D eigenvalue weighted by molar-refractivity contribution is 9.10. The van der Waals surface area contributed by atoms with Crippen molar-refractivity contribution in [1.29, 1.82) is 0 Å². The molecule has 0 aliphatic heterocycles. The number of nitrogens with one attached hydrogen (secondary N) is 2. The number of rotatable bonds is 6. The summed E-state index contributed by atoms with van der Waals surface area (Å²) < 4.78 is 104. The fraction of sp³-hybridized carbons (Fsp3) is 0.333. The van der Waals surface area contributed by atoms with Gasteiger partial charge in [-0.15, -0.1) is 0 Å². The summed E-state index contributed by atoms with van der Waals surface area (Å²) in [6.45, 7) is 1.29. The van der Waals surface area contributed by atoms with Crippen molar-refractivity contribution in [3.05, 3.63) is 33.9 Å². The van der Waals surface area contributed by atoms with Gasteiger partial charge in [0.15, 0.2) is 0 Å². The summed E-state index contributed by atoms with van der Waals surface area (Å²) in [5.74, 6) is -0.312. The molecular formula is C15H14BrF6N5O3S. The van der Waals surface area contributed by atoms with Crippen LogP contribution in [0.25, 0.3) is 0 Å². The lowest BCUT2D eigenvalue weighted by molar-refractivity contribution is -0.147.